The Labute approximate surface area is 152 Å². The molecular formula is C19H19ClN4O. The summed E-state index contributed by atoms with van der Waals surface area (Å²) in [4.78, 5) is 8.72. The number of nitrogens with one attached hydrogen (secondary N) is 2. The highest BCUT2D eigenvalue weighted by Crippen LogP contribution is 2.19. The van der Waals surface area contributed by atoms with Gasteiger partial charge >= 0.3 is 0 Å². The van der Waals surface area contributed by atoms with Crippen LogP contribution < -0.4 is 15.4 Å². The van der Waals surface area contributed by atoms with Crippen LogP contribution in [0.5, 0.6) is 5.75 Å². The monoisotopic (exact) mass is 354 g/mol. The number of benzene rings is 2. The molecule has 0 fully saturated rings. The molecule has 25 heavy (non-hydrogen) atoms. The van der Waals surface area contributed by atoms with E-state index >= 15 is 0 Å². The molecule has 6 heteroatoms. The van der Waals surface area contributed by atoms with Gasteiger partial charge in [0.25, 0.3) is 0 Å². The summed E-state index contributed by atoms with van der Waals surface area (Å²) in [6.07, 6.45) is 2.60. The predicted octanol–water partition coefficient (Wildman–Crippen LogP) is 4.54. The van der Waals surface area contributed by atoms with Gasteiger partial charge < -0.3 is 15.4 Å². The first kappa shape index (κ1) is 17.0. The topological polar surface area (TPSA) is 59.1 Å². The molecule has 1 heterocycles. The van der Waals surface area contributed by atoms with Crippen molar-refractivity contribution in [3.8, 4) is 5.75 Å². The van der Waals surface area contributed by atoms with Crippen molar-refractivity contribution in [1.82, 2.24) is 9.97 Å². The highest BCUT2D eigenvalue weighted by atomic mass is 35.5. The average molecular weight is 355 g/mol. The standard InChI is InChI=1S/C19H19ClN4O/c1-25-17-8-6-16(7-9-17)23-18-11-13-22-19(24-18)21-12-10-14-2-4-15(20)5-3-14/h2-9,11,13H,10,12H2,1H3,(H2,21,22,23,24). The molecule has 0 unspecified atom stereocenters. The lowest BCUT2D eigenvalue weighted by Crippen LogP contribution is -2.08. The van der Waals surface area contributed by atoms with Crippen molar-refractivity contribution in [2.45, 2.75) is 6.42 Å². The van der Waals surface area contributed by atoms with Crippen LogP contribution in [0.4, 0.5) is 17.5 Å². The van der Waals surface area contributed by atoms with E-state index in [4.69, 9.17) is 16.3 Å². The Hall–Kier alpha value is -2.79. The molecule has 2 aromatic carbocycles. The second kappa shape index (κ2) is 8.35. The van der Waals surface area contributed by atoms with Crippen LogP contribution in [-0.2, 0) is 6.42 Å². The Morgan fingerprint density at radius 3 is 2.48 bits per heavy atom. The zero-order chi connectivity index (χ0) is 17.5. The summed E-state index contributed by atoms with van der Waals surface area (Å²) in [5.74, 6) is 2.14. The normalized spacial score (nSPS) is 10.3. The molecule has 3 aromatic rings. The number of rotatable bonds is 7. The van der Waals surface area contributed by atoms with E-state index < -0.39 is 0 Å². The van der Waals surface area contributed by atoms with Crippen LogP contribution in [0, 0.1) is 0 Å². The van der Waals surface area contributed by atoms with Gasteiger partial charge in [-0.25, -0.2) is 4.98 Å². The maximum Gasteiger partial charge on any atom is 0.224 e. The van der Waals surface area contributed by atoms with Crippen molar-refractivity contribution in [3.63, 3.8) is 0 Å². The van der Waals surface area contributed by atoms with E-state index in [0.29, 0.717) is 5.95 Å². The maximum absolute atomic E-state index is 5.89. The SMILES string of the molecule is COc1ccc(Nc2ccnc(NCCc3ccc(Cl)cc3)n2)cc1. The molecule has 0 radical (unpaired) electrons. The molecule has 3 rings (SSSR count). The van der Waals surface area contributed by atoms with Crippen LogP contribution in [0.1, 0.15) is 5.56 Å². The fourth-order valence-electron chi connectivity index (χ4n) is 2.31. The van der Waals surface area contributed by atoms with Gasteiger partial charge in [0, 0.05) is 23.5 Å². The second-order valence-corrected chi connectivity index (χ2v) is 5.86. The zero-order valence-corrected chi connectivity index (χ0v) is 14.6. The van der Waals surface area contributed by atoms with E-state index in [1.165, 1.54) is 5.56 Å². The molecule has 0 saturated carbocycles. The molecule has 0 saturated heterocycles. The average Bonchev–Trinajstić information content (AvgIpc) is 2.64. The summed E-state index contributed by atoms with van der Waals surface area (Å²) in [5.41, 5.74) is 2.15. The Morgan fingerprint density at radius 2 is 1.76 bits per heavy atom. The fourth-order valence-corrected chi connectivity index (χ4v) is 2.43. The highest BCUT2D eigenvalue weighted by Gasteiger charge is 2.01. The van der Waals surface area contributed by atoms with Gasteiger partial charge in [-0.1, -0.05) is 23.7 Å². The Kier molecular flexibility index (Phi) is 5.69. The minimum atomic E-state index is 0.590. The number of ether oxygens (including phenoxy) is 1. The Balaban J connectivity index is 1.56. The molecule has 0 aliphatic heterocycles. The van der Waals surface area contributed by atoms with Crippen molar-refractivity contribution < 1.29 is 4.74 Å². The highest BCUT2D eigenvalue weighted by molar-refractivity contribution is 6.30. The molecule has 0 atom stereocenters. The minimum absolute atomic E-state index is 0.590. The third kappa shape index (κ3) is 5.09. The van der Waals surface area contributed by atoms with Crippen molar-refractivity contribution in [2.24, 2.45) is 0 Å². The van der Waals surface area contributed by atoms with Crippen LogP contribution in [0.2, 0.25) is 5.02 Å². The quantitative estimate of drug-likeness (QED) is 0.652. The van der Waals surface area contributed by atoms with Crippen LogP contribution in [0.15, 0.2) is 60.8 Å². The van der Waals surface area contributed by atoms with Crippen LogP contribution in [0.25, 0.3) is 0 Å². The summed E-state index contributed by atoms with van der Waals surface area (Å²) in [7, 11) is 1.65. The molecule has 128 valence electrons. The van der Waals surface area contributed by atoms with Crippen LogP contribution in [0.3, 0.4) is 0 Å². The number of anilines is 3. The molecule has 5 nitrogen and oxygen atoms in total. The van der Waals surface area contributed by atoms with Gasteiger partial charge in [0.1, 0.15) is 11.6 Å². The Morgan fingerprint density at radius 1 is 1.00 bits per heavy atom. The summed E-state index contributed by atoms with van der Waals surface area (Å²) >= 11 is 5.89. The van der Waals surface area contributed by atoms with E-state index in [2.05, 4.69) is 20.6 Å². The number of hydrogen-bond donors (Lipinski definition) is 2. The lowest BCUT2D eigenvalue weighted by atomic mass is 10.1. The first-order valence-electron chi connectivity index (χ1n) is 7.95. The predicted molar refractivity (Wildman–Crippen MR) is 102 cm³/mol. The van der Waals surface area contributed by atoms with Gasteiger partial charge in [-0.3, -0.25) is 0 Å². The molecule has 1 aromatic heterocycles. The molecule has 0 amide bonds. The van der Waals surface area contributed by atoms with Gasteiger partial charge in [0.05, 0.1) is 7.11 Å². The molecule has 0 aliphatic rings. The summed E-state index contributed by atoms with van der Waals surface area (Å²) in [6, 6.07) is 17.3. The summed E-state index contributed by atoms with van der Waals surface area (Å²) < 4.78 is 5.16. The zero-order valence-electron chi connectivity index (χ0n) is 13.9. The molecular weight excluding hydrogens is 336 g/mol. The summed E-state index contributed by atoms with van der Waals surface area (Å²) in [5, 5.41) is 7.23. The smallest absolute Gasteiger partial charge is 0.224 e. The van der Waals surface area contributed by atoms with E-state index in [1.807, 2.05) is 54.6 Å². The van der Waals surface area contributed by atoms with Gasteiger partial charge in [-0.15, -0.1) is 0 Å². The van der Waals surface area contributed by atoms with E-state index in [1.54, 1.807) is 13.3 Å². The lowest BCUT2D eigenvalue weighted by Gasteiger charge is -2.09. The lowest BCUT2D eigenvalue weighted by molar-refractivity contribution is 0.415. The number of nitrogens with zero attached hydrogens (tertiary/aromatic N) is 2. The van der Waals surface area contributed by atoms with E-state index in [9.17, 15) is 0 Å². The largest absolute Gasteiger partial charge is 0.497 e. The first-order chi connectivity index (χ1) is 12.2. The van der Waals surface area contributed by atoms with Crippen LogP contribution in [-0.4, -0.2) is 23.6 Å². The minimum Gasteiger partial charge on any atom is -0.497 e. The van der Waals surface area contributed by atoms with Gasteiger partial charge in [0.15, 0.2) is 0 Å². The third-order valence-electron chi connectivity index (χ3n) is 3.63. The number of aromatic nitrogens is 2. The molecule has 2 N–H and O–H groups in total. The maximum atomic E-state index is 5.89. The van der Waals surface area contributed by atoms with Gasteiger partial charge in [-0.05, 0) is 54.4 Å². The second-order valence-electron chi connectivity index (χ2n) is 5.42. The van der Waals surface area contributed by atoms with Crippen molar-refractivity contribution in [2.75, 3.05) is 24.3 Å². The first-order valence-corrected chi connectivity index (χ1v) is 8.33. The molecule has 0 aliphatic carbocycles. The third-order valence-corrected chi connectivity index (χ3v) is 3.88. The molecule has 0 spiro atoms. The fraction of sp³-hybridized carbons (Fsp3) is 0.158. The van der Waals surface area contributed by atoms with E-state index in [-0.39, 0.29) is 0 Å². The number of hydrogen-bond acceptors (Lipinski definition) is 5. The van der Waals surface area contributed by atoms with Crippen molar-refractivity contribution in [3.05, 3.63) is 71.4 Å². The summed E-state index contributed by atoms with van der Waals surface area (Å²) in [6.45, 7) is 0.744. The number of halogens is 1. The van der Waals surface area contributed by atoms with Gasteiger partial charge in [-0.2, -0.15) is 4.98 Å². The van der Waals surface area contributed by atoms with Crippen molar-refractivity contribution >= 4 is 29.1 Å². The van der Waals surface area contributed by atoms with Crippen LogP contribution >= 0.6 is 11.6 Å². The Bertz CT molecular complexity index is 806. The number of methoxy groups -OCH3 is 1. The van der Waals surface area contributed by atoms with E-state index in [0.717, 1.165) is 35.2 Å². The van der Waals surface area contributed by atoms with Crippen molar-refractivity contribution in [1.29, 1.82) is 0 Å². The van der Waals surface area contributed by atoms with Gasteiger partial charge in [0.2, 0.25) is 5.95 Å². The molecule has 0 bridgehead atoms.